The second-order valence-electron chi connectivity index (χ2n) is 3.42. The fourth-order valence-corrected chi connectivity index (χ4v) is 1.73. The first-order valence-electron chi connectivity index (χ1n) is 4.38. The Hall–Kier alpha value is -1.33. The smallest absolute Gasteiger partial charge is 0.423 e. The Morgan fingerprint density at radius 1 is 1.36 bits per heavy atom. The van der Waals surface area contributed by atoms with Crippen molar-refractivity contribution < 1.29 is 10.0 Å². The molecule has 1 aromatic heterocycles. The van der Waals surface area contributed by atoms with Crippen LogP contribution in [0.4, 0.5) is 0 Å². The summed E-state index contributed by atoms with van der Waals surface area (Å²) in [6.07, 6.45) is 1.72. The molecule has 0 fully saturated rings. The molecule has 2 N–H and O–H groups in total. The summed E-state index contributed by atoms with van der Waals surface area (Å²) in [6, 6.07) is 3.49. The highest BCUT2D eigenvalue weighted by Gasteiger charge is 2.13. The molecule has 0 aliphatic carbocycles. The van der Waals surface area contributed by atoms with Crippen LogP contribution in [0.1, 0.15) is 5.56 Å². The average Bonchev–Trinajstić information content (AvgIpc) is 2.48. The molecule has 2 aromatic rings. The summed E-state index contributed by atoms with van der Waals surface area (Å²) >= 11 is 0. The predicted molar refractivity (Wildman–Crippen MR) is 55.3 cm³/mol. The van der Waals surface area contributed by atoms with E-state index in [1.165, 1.54) is 0 Å². The zero-order valence-electron chi connectivity index (χ0n) is 8.10. The van der Waals surface area contributed by atoms with Crippen molar-refractivity contribution in [2.24, 2.45) is 7.05 Å². The molecule has 14 heavy (non-hydrogen) atoms. The normalized spacial score (nSPS) is 10.9. The molecule has 0 bridgehead atoms. The van der Waals surface area contributed by atoms with Crippen LogP contribution < -0.4 is 5.46 Å². The quantitative estimate of drug-likeness (QED) is 0.599. The van der Waals surface area contributed by atoms with Gasteiger partial charge in [0.15, 0.2) is 0 Å². The summed E-state index contributed by atoms with van der Waals surface area (Å²) in [5.74, 6) is 0. The Kier molecular flexibility index (Phi) is 2.05. The minimum atomic E-state index is -1.42. The molecule has 0 spiro atoms. The van der Waals surface area contributed by atoms with Crippen LogP contribution in [0, 0.1) is 6.92 Å². The number of hydrogen-bond acceptors (Lipinski definition) is 3. The van der Waals surface area contributed by atoms with Gasteiger partial charge in [0.05, 0.1) is 11.7 Å². The van der Waals surface area contributed by atoms with Crippen LogP contribution in [0.5, 0.6) is 0 Å². The number of rotatable bonds is 1. The first kappa shape index (κ1) is 9.24. The Morgan fingerprint density at radius 2 is 2.07 bits per heavy atom. The maximum absolute atomic E-state index is 9.04. The van der Waals surface area contributed by atoms with Crippen molar-refractivity contribution in [3.63, 3.8) is 0 Å². The van der Waals surface area contributed by atoms with Crippen molar-refractivity contribution in [3.05, 3.63) is 23.9 Å². The van der Waals surface area contributed by atoms with Crippen molar-refractivity contribution in [3.8, 4) is 0 Å². The third-order valence-electron chi connectivity index (χ3n) is 2.34. The summed E-state index contributed by atoms with van der Waals surface area (Å²) in [4.78, 5) is 0. The lowest BCUT2D eigenvalue weighted by atomic mass is 9.79. The zero-order chi connectivity index (χ0) is 10.3. The molecule has 0 saturated heterocycles. The molecule has 0 radical (unpaired) electrons. The highest BCUT2D eigenvalue weighted by molar-refractivity contribution is 6.59. The van der Waals surface area contributed by atoms with Gasteiger partial charge in [-0.15, -0.1) is 0 Å². The van der Waals surface area contributed by atoms with Gasteiger partial charge in [-0.2, -0.15) is 5.10 Å². The summed E-state index contributed by atoms with van der Waals surface area (Å²) in [5.41, 5.74) is 2.52. The molecular weight excluding hydrogens is 179 g/mol. The molecule has 5 heteroatoms. The third-order valence-corrected chi connectivity index (χ3v) is 2.34. The average molecular weight is 190 g/mol. The maximum atomic E-state index is 9.04. The highest BCUT2D eigenvalue weighted by atomic mass is 16.4. The zero-order valence-corrected chi connectivity index (χ0v) is 8.10. The third kappa shape index (κ3) is 1.30. The van der Waals surface area contributed by atoms with E-state index < -0.39 is 7.12 Å². The van der Waals surface area contributed by atoms with Crippen molar-refractivity contribution >= 4 is 23.5 Å². The van der Waals surface area contributed by atoms with E-state index in [4.69, 9.17) is 10.0 Å². The second kappa shape index (κ2) is 3.11. The van der Waals surface area contributed by atoms with E-state index in [9.17, 15) is 0 Å². The van der Waals surface area contributed by atoms with Gasteiger partial charge in [-0.1, -0.05) is 12.1 Å². The van der Waals surface area contributed by atoms with E-state index in [2.05, 4.69) is 5.10 Å². The lowest BCUT2D eigenvalue weighted by Gasteiger charge is -2.03. The van der Waals surface area contributed by atoms with Crippen LogP contribution in [0.2, 0.25) is 0 Å². The second-order valence-corrected chi connectivity index (χ2v) is 3.42. The van der Waals surface area contributed by atoms with E-state index in [0.717, 1.165) is 16.5 Å². The number of hydrogen-bond donors (Lipinski definition) is 2. The van der Waals surface area contributed by atoms with E-state index in [1.54, 1.807) is 23.0 Å². The molecule has 0 unspecified atom stereocenters. The van der Waals surface area contributed by atoms with Crippen LogP contribution >= 0.6 is 0 Å². The number of aryl methyl sites for hydroxylation is 2. The summed E-state index contributed by atoms with van der Waals surface area (Å²) in [7, 11) is 0.447. The lowest BCUT2D eigenvalue weighted by Crippen LogP contribution is -2.29. The van der Waals surface area contributed by atoms with Crippen LogP contribution in [0.15, 0.2) is 18.3 Å². The molecule has 4 nitrogen and oxygen atoms in total. The van der Waals surface area contributed by atoms with Crippen molar-refractivity contribution in [1.82, 2.24) is 9.78 Å². The fraction of sp³-hybridized carbons (Fsp3) is 0.222. The molecule has 0 saturated carbocycles. The number of aromatic nitrogens is 2. The van der Waals surface area contributed by atoms with Crippen LogP contribution in [0.3, 0.4) is 0 Å². The van der Waals surface area contributed by atoms with Gasteiger partial charge in [0, 0.05) is 12.4 Å². The SMILES string of the molecule is Cc1cc(B(O)O)cc2cnn(C)c12. The van der Waals surface area contributed by atoms with Gasteiger partial charge in [-0.05, 0) is 17.9 Å². The maximum Gasteiger partial charge on any atom is 0.488 e. The van der Waals surface area contributed by atoms with Crippen molar-refractivity contribution in [2.75, 3.05) is 0 Å². The van der Waals surface area contributed by atoms with Gasteiger partial charge in [0.25, 0.3) is 0 Å². The largest absolute Gasteiger partial charge is 0.488 e. The monoisotopic (exact) mass is 190 g/mol. The first-order chi connectivity index (χ1) is 6.59. The van der Waals surface area contributed by atoms with Crippen LogP contribution in [0.25, 0.3) is 10.9 Å². The van der Waals surface area contributed by atoms with E-state index in [0.29, 0.717) is 5.46 Å². The Morgan fingerprint density at radius 3 is 2.71 bits per heavy atom. The topological polar surface area (TPSA) is 58.3 Å². The number of fused-ring (bicyclic) bond motifs is 1. The molecule has 0 amide bonds. The molecule has 72 valence electrons. The molecule has 2 rings (SSSR count). The minimum absolute atomic E-state index is 0.503. The molecule has 0 atom stereocenters. The van der Waals surface area contributed by atoms with Crippen LogP contribution in [-0.2, 0) is 7.05 Å². The van der Waals surface area contributed by atoms with Gasteiger partial charge in [-0.3, -0.25) is 4.68 Å². The van der Waals surface area contributed by atoms with Gasteiger partial charge in [0.1, 0.15) is 0 Å². The number of benzene rings is 1. The fourth-order valence-electron chi connectivity index (χ4n) is 1.73. The van der Waals surface area contributed by atoms with Gasteiger partial charge in [-0.25, -0.2) is 0 Å². The Labute approximate surface area is 81.9 Å². The highest BCUT2D eigenvalue weighted by Crippen LogP contribution is 2.15. The van der Waals surface area contributed by atoms with E-state index in [1.807, 2.05) is 14.0 Å². The van der Waals surface area contributed by atoms with Gasteiger partial charge < -0.3 is 10.0 Å². The standard InChI is InChI=1S/C9H11BN2O2/c1-6-3-8(10(13)14)4-7-5-11-12(2)9(6)7/h3-5,13-14H,1-2H3. The molecule has 0 aliphatic rings. The van der Waals surface area contributed by atoms with Gasteiger partial charge in [0.2, 0.25) is 0 Å². The van der Waals surface area contributed by atoms with Crippen molar-refractivity contribution in [1.29, 1.82) is 0 Å². The lowest BCUT2D eigenvalue weighted by molar-refractivity contribution is 0.426. The summed E-state index contributed by atoms with van der Waals surface area (Å²) in [6.45, 7) is 1.93. The summed E-state index contributed by atoms with van der Waals surface area (Å²) < 4.78 is 1.78. The van der Waals surface area contributed by atoms with Crippen molar-refractivity contribution in [2.45, 2.75) is 6.92 Å². The van der Waals surface area contributed by atoms with E-state index >= 15 is 0 Å². The molecule has 0 aliphatic heterocycles. The molecule has 1 aromatic carbocycles. The van der Waals surface area contributed by atoms with E-state index in [-0.39, 0.29) is 0 Å². The Balaban J connectivity index is 2.74. The van der Waals surface area contributed by atoms with Crippen LogP contribution in [-0.4, -0.2) is 26.9 Å². The van der Waals surface area contributed by atoms with Gasteiger partial charge >= 0.3 is 7.12 Å². The molecule has 1 heterocycles. The Bertz CT molecular complexity index is 479. The number of nitrogens with zero attached hydrogens (tertiary/aromatic N) is 2. The minimum Gasteiger partial charge on any atom is -0.423 e. The summed E-state index contributed by atoms with van der Waals surface area (Å²) in [5, 5.41) is 23.1. The first-order valence-corrected chi connectivity index (χ1v) is 4.38. The molecular formula is C9H11BN2O2. The predicted octanol–water partition coefficient (Wildman–Crippen LogP) is -0.438.